The lowest BCUT2D eigenvalue weighted by Crippen LogP contribution is -2.28. The Hall–Kier alpha value is -1.89. The molecule has 5 nitrogen and oxygen atoms in total. The molecule has 25 heavy (non-hydrogen) atoms. The zero-order valence-corrected chi connectivity index (χ0v) is 16.1. The van der Waals surface area contributed by atoms with Crippen LogP contribution in [0.2, 0.25) is 10.0 Å². The van der Waals surface area contributed by atoms with Gasteiger partial charge in [0.05, 0.1) is 22.3 Å². The molecule has 0 fully saturated rings. The SMILES string of the molecule is Cc1cc(NC(=O)Cn2cnc3c(Cl)cc(Cl)cc3c2=O)ccc1Br. The van der Waals surface area contributed by atoms with Gasteiger partial charge in [-0.2, -0.15) is 0 Å². The highest BCUT2D eigenvalue weighted by Crippen LogP contribution is 2.24. The molecule has 0 aliphatic rings. The van der Waals surface area contributed by atoms with Crippen LogP contribution in [-0.2, 0) is 11.3 Å². The Morgan fingerprint density at radius 3 is 2.76 bits per heavy atom. The molecule has 0 bridgehead atoms. The lowest BCUT2D eigenvalue weighted by Gasteiger charge is -2.09. The van der Waals surface area contributed by atoms with E-state index in [1.54, 1.807) is 6.07 Å². The van der Waals surface area contributed by atoms with Gasteiger partial charge >= 0.3 is 0 Å². The summed E-state index contributed by atoms with van der Waals surface area (Å²) < 4.78 is 2.17. The van der Waals surface area contributed by atoms with Crippen LogP contribution in [0.25, 0.3) is 10.9 Å². The summed E-state index contributed by atoms with van der Waals surface area (Å²) in [6, 6.07) is 8.47. The minimum absolute atomic E-state index is 0.166. The summed E-state index contributed by atoms with van der Waals surface area (Å²) in [7, 11) is 0. The number of amides is 1. The summed E-state index contributed by atoms with van der Waals surface area (Å²) >= 11 is 15.4. The monoisotopic (exact) mass is 439 g/mol. The van der Waals surface area contributed by atoms with Crippen LogP contribution in [-0.4, -0.2) is 15.5 Å². The van der Waals surface area contributed by atoms with Crippen LogP contribution in [0.15, 0.2) is 45.9 Å². The maximum absolute atomic E-state index is 12.5. The van der Waals surface area contributed by atoms with Crippen molar-refractivity contribution in [2.24, 2.45) is 0 Å². The van der Waals surface area contributed by atoms with E-state index in [0.717, 1.165) is 10.0 Å². The quantitative estimate of drug-likeness (QED) is 0.655. The molecule has 1 aromatic heterocycles. The Bertz CT molecular complexity index is 1050. The first-order chi connectivity index (χ1) is 11.8. The third-order valence-corrected chi connectivity index (χ3v) is 5.00. The highest BCUT2D eigenvalue weighted by Gasteiger charge is 2.11. The van der Waals surface area contributed by atoms with E-state index in [-0.39, 0.29) is 23.4 Å². The smallest absolute Gasteiger partial charge is 0.261 e. The van der Waals surface area contributed by atoms with E-state index in [1.165, 1.54) is 23.0 Å². The molecule has 1 amide bonds. The molecule has 1 N–H and O–H groups in total. The number of rotatable bonds is 3. The number of hydrogen-bond acceptors (Lipinski definition) is 3. The minimum atomic E-state index is -0.378. The van der Waals surface area contributed by atoms with Crippen molar-refractivity contribution in [3.8, 4) is 0 Å². The highest BCUT2D eigenvalue weighted by atomic mass is 79.9. The van der Waals surface area contributed by atoms with E-state index < -0.39 is 0 Å². The first-order valence-electron chi connectivity index (χ1n) is 7.25. The van der Waals surface area contributed by atoms with Gasteiger partial charge in [-0.1, -0.05) is 39.1 Å². The maximum atomic E-state index is 12.5. The topological polar surface area (TPSA) is 64.0 Å². The second kappa shape index (κ2) is 7.15. The number of aromatic nitrogens is 2. The predicted molar refractivity (Wildman–Crippen MR) is 104 cm³/mol. The predicted octanol–water partition coefficient (Wildman–Crippen LogP) is 4.41. The lowest BCUT2D eigenvalue weighted by molar-refractivity contribution is -0.116. The van der Waals surface area contributed by atoms with E-state index in [0.29, 0.717) is 21.2 Å². The molecular formula is C17H12BrCl2N3O2. The number of halogens is 3. The number of fused-ring (bicyclic) bond motifs is 1. The Kier molecular flexibility index (Phi) is 5.13. The van der Waals surface area contributed by atoms with Crippen LogP contribution < -0.4 is 10.9 Å². The molecule has 0 saturated heterocycles. The Morgan fingerprint density at radius 2 is 2.04 bits per heavy atom. The molecule has 1 heterocycles. The number of aryl methyl sites for hydroxylation is 1. The van der Waals surface area contributed by atoms with Gasteiger partial charge in [-0.25, -0.2) is 4.98 Å². The standard InChI is InChI=1S/C17H12BrCl2N3O2/c1-9-4-11(2-3-13(9)18)22-15(24)7-23-8-21-16-12(17(23)25)5-10(19)6-14(16)20/h2-6,8H,7H2,1H3,(H,22,24). The molecule has 0 aliphatic heterocycles. The zero-order valence-electron chi connectivity index (χ0n) is 13.0. The largest absolute Gasteiger partial charge is 0.325 e. The van der Waals surface area contributed by atoms with E-state index in [4.69, 9.17) is 23.2 Å². The second-order valence-corrected chi connectivity index (χ2v) is 7.17. The lowest BCUT2D eigenvalue weighted by atomic mass is 10.2. The summed E-state index contributed by atoms with van der Waals surface area (Å²) in [5.41, 5.74) is 1.62. The second-order valence-electron chi connectivity index (χ2n) is 5.47. The average Bonchev–Trinajstić information content (AvgIpc) is 2.54. The summed E-state index contributed by atoms with van der Waals surface area (Å²) in [6.07, 6.45) is 1.30. The molecule has 0 spiro atoms. The molecule has 3 aromatic rings. The van der Waals surface area contributed by atoms with Gasteiger partial charge in [0.25, 0.3) is 5.56 Å². The Morgan fingerprint density at radius 1 is 1.28 bits per heavy atom. The van der Waals surface area contributed by atoms with Crippen molar-refractivity contribution >= 4 is 61.6 Å². The molecule has 128 valence electrons. The van der Waals surface area contributed by atoms with Crippen LogP contribution >= 0.6 is 39.1 Å². The van der Waals surface area contributed by atoms with Crippen LogP contribution in [0, 0.1) is 6.92 Å². The van der Waals surface area contributed by atoms with Gasteiger partial charge in [0.15, 0.2) is 0 Å². The molecule has 0 atom stereocenters. The van der Waals surface area contributed by atoms with Crippen molar-refractivity contribution < 1.29 is 4.79 Å². The fourth-order valence-electron chi connectivity index (χ4n) is 2.39. The Balaban J connectivity index is 1.87. The molecule has 2 aromatic carbocycles. The highest BCUT2D eigenvalue weighted by molar-refractivity contribution is 9.10. The fourth-order valence-corrected chi connectivity index (χ4v) is 3.17. The van der Waals surface area contributed by atoms with Gasteiger partial charge in [0, 0.05) is 15.2 Å². The van der Waals surface area contributed by atoms with E-state index >= 15 is 0 Å². The van der Waals surface area contributed by atoms with Gasteiger partial charge in [0.2, 0.25) is 5.91 Å². The van der Waals surface area contributed by atoms with Crippen molar-refractivity contribution in [1.29, 1.82) is 0 Å². The first kappa shape index (κ1) is 17.9. The minimum Gasteiger partial charge on any atom is -0.325 e. The molecule has 0 aliphatic carbocycles. The van der Waals surface area contributed by atoms with Gasteiger partial charge in [-0.15, -0.1) is 0 Å². The maximum Gasteiger partial charge on any atom is 0.261 e. The van der Waals surface area contributed by atoms with Crippen LogP contribution in [0.5, 0.6) is 0 Å². The van der Waals surface area contributed by atoms with Gasteiger partial charge < -0.3 is 5.32 Å². The number of anilines is 1. The summed E-state index contributed by atoms with van der Waals surface area (Å²) in [6.45, 7) is 1.76. The third-order valence-electron chi connectivity index (χ3n) is 3.60. The number of nitrogens with one attached hydrogen (secondary N) is 1. The third kappa shape index (κ3) is 3.86. The summed E-state index contributed by atoms with van der Waals surface area (Å²) in [5.74, 6) is -0.335. The Labute approximate surface area is 161 Å². The number of hydrogen-bond donors (Lipinski definition) is 1. The average molecular weight is 441 g/mol. The zero-order chi connectivity index (χ0) is 18.1. The van der Waals surface area contributed by atoms with Gasteiger partial charge in [0.1, 0.15) is 6.54 Å². The van der Waals surface area contributed by atoms with Crippen molar-refractivity contribution in [3.05, 3.63) is 67.1 Å². The van der Waals surface area contributed by atoms with E-state index in [2.05, 4.69) is 26.2 Å². The molecule has 8 heteroatoms. The molecule has 0 saturated carbocycles. The molecule has 3 rings (SSSR count). The number of nitrogens with zero attached hydrogens (tertiary/aromatic N) is 2. The van der Waals surface area contributed by atoms with Crippen molar-refractivity contribution in [1.82, 2.24) is 9.55 Å². The molecular weight excluding hydrogens is 429 g/mol. The summed E-state index contributed by atoms with van der Waals surface area (Å²) in [4.78, 5) is 28.9. The normalized spacial score (nSPS) is 10.9. The summed E-state index contributed by atoms with van der Waals surface area (Å²) in [5, 5.41) is 3.66. The molecule has 0 unspecified atom stereocenters. The van der Waals surface area contributed by atoms with Crippen LogP contribution in [0.3, 0.4) is 0 Å². The number of carbonyl (C=O) groups excluding carboxylic acids is 1. The van der Waals surface area contributed by atoms with E-state index in [1.807, 2.05) is 19.1 Å². The number of benzene rings is 2. The fraction of sp³-hybridized carbons (Fsp3) is 0.118. The van der Waals surface area contributed by atoms with Gasteiger partial charge in [-0.3, -0.25) is 14.2 Å². The van der Waals surface area contributed by atoms with Crippen LogP contribution in [0.4, 0.5) is 5.69 Å². The van der Waals surface area contributed by atoms with Gasteiger partial charge in [-0.05, 0) is 42.8 Å². The van der Waals surface area contributed by atoms with Crippen molar-refractivity contribution in [2.45, 2.75) is 13.5 Å². The van der Waals surface area contributed by atoms with Crippen molar-refractivity contribution in [2.75, 3.05) is 5.32 Å². The number of carbonyl (C=O) groups is 1. The van der Waals surface area contributed by atoms with E-state index in [9.17, 15) is 9.59 Å². The molecule has 0 radical (unpaired) electrons. The first-order valence-corrected chi connectivity index (χ1v) is 8.80. The van der Waals surface area contributed by atoms with Crippen LogP contribution in [0.1, 0.15) is 5.56 Å². The van der Waals surface area contributed by atoms with Crippen molar-refractivity contribution in [3.63, 3.8) is 0 Å².